The number of morpholine rings is 1. The van der Waals surface area contributed by atoms with E-state index in [1.807, 2.05) is 11.8 Å². The number of H-pyrrole nitrogens is 1. The Bertz CT molecular complexity index is 380. The van der Waals surface area contributed by atoms with Crippen LogP contribution in [0.15, 0.2) is 6.20 Å². The van der Waals surface area contributed by atoms with Crippen molar-refractivity contribution in [1.29, 1.82) is 0 Å². The Balaban J connectivity index is 2.07. The Morgan fingerprint density at radius 2 is 2.62 bits per heavy atom. The largest absolute Gasteiger partial charge is 0.374 e. The first-order valence-electron chi connectivity index (χ1n) is 5.19. The molecule has 0 bridgehead atoms. The molecular weight excluding hydrogens is 274 g/mol. The zero-order valence-electron chi connectivity index (χ0n) is 9.07. The monoisotopic (exact) mass is 287 g/mol. The van der Waals surface area contributed by atoms with Crippen molar-refractivity contribution in [2.24, 2.45) is 0 Å². The molecular formula is C10H14BrN3O2. The highest BCUT2D eigenvalue weighted by atomic mass is 79.9. The molecule has 1 aromatic rings. The summed E-state index contributed by atoms with van der Waals surface area (Å²) in [5.74, 6) is 0.0282. The molecule has 1 unspecified atom stereocenters. The van der Waals surface area contributed by atoms with Crippen molar-refractivity contribution in [3.63, 3.8) is 0 Å². The Labute approximate surface area is 102 Å². The van der Waals surface area contributed by atoms with Gasteiger partial charge in [0.1, 0.15) is 0 Å². The maximum atomic E-state index is 12.1. The predicted molar refractivity (Wildman–Crippen MR) is 62.8 cm³/mol. The Kier molecular flexibility index (Phi) is 3.60. The number of nitrogens with one attached hydrogen (secondary N) is 1. The number of hydrogen-bond donors (Lipinski definition) is 1. The Hall–Kier alpha value is -0.880. The van der Waals surface area contributed by atoms with Gasteiger partial charge in [-0.3, -0.25) is 9.89 Å². The third-order valence-corrected chi connectivity index (χ3v) is 3.38. The third kappa shape index (κ3) is 2.27. The standard InChI is InChI=1S/C10H14BrN3O2/c1-7-9(5-12-13-7)10(15)14-2-3-16-8(4-11)6-14/h5,8H,2-4,6H2,1H3,(H,12,13). The number of amides is 1. The summed E-state index contributed by atoms with van der Waals surface area (Å²) < 4.78 is 5.49. The van der Waals surface area contributed by atoms with Crippen LogP contribution in [0, 0.1) is 6.92 Å². The van der Waals surface area contributed by atoms with Crippen molar-refractivity contribution >= 4 is 21.8 Å². The zero-order chi connectivity index (χ0) is 11.5. The van der Waals surface area contributed by atoms with E-state index < -0.39 is 0 Å². The number of nitrogens with zero attached hydrogens (tertiary/aromatic N) is 2. The first kappa shape index (κ1) is 11.6. The van der Waals surface area contributed by atoms with Gasteiger partial charge in [-0.15, -0.1) is 0 Å². The molecule has 0 aromatic carbocycles. The number of halogens is 1. The Morgan fingerprint density at radius 1 is 1.81 bits per heavy atom. The average molecular weight is 288 g/mol. The number of ether oxygens (including phenoxy) is 1. The van der Waals surface area contributed by atoms with Crippen LogP contribution in [-0.4, -0.2) is 52.1 Å². The summed E-state index contributed by atoms with van der Waals surface area (Å²) in [6, 6.07) is 0. The van der Waals surface area contributed by atoms with Crippen LogP contribution in [0.2, 0.25) is 0 Å². The quantitative estimate of drug-likeness (QED) is 0.824. The van der Waals surface area contributed by atoms with E-state index in [9.17, 15) is 4.79 Å². The van der Waals surface area contributed by atoms with Crippen LogP contribution in [0.5, 0.6) is 0 Å². The highest BCUT2D eigenvalue weighted by molar-refractivity contribution is 9.09. The zero-order valence-corrected chi connectivity index (χ0v) is 10.7. The summed E-state index contributed by atoms with van der Waals surface area (Å²) in [6.45, 7) is 3.73. The lowest BCUT2D eigenvalue weighted by atomic mass is 10.2. The summed E-state index contributed by atoms with van der Waals surface area (Å²) >= 11 is 3.37. The lowest BCUT2D eigenvalue weighted by Crippen LogP contribution is -2.46. The molecule has 0 radical (unpaired) electrons. The third-order valence-electron chi connectivity index (χ3n) is 2.66. The summed E-state index contributed by atoms with van der Waals surface area (Å²) in [4.78, 5) is 14.0. The van der Waals surface area contributed by atoms with Crippen molar-refractivity contribution in [2.45, 2.75) is 13.0 Å². The van der Waals surface area contributed by atoms with Gasteiger partial charge in [0, 0.05) is 24.1 Å². The first-order valence-corrected chi connectivity index (χ1v) is 6.31. The maximum Gasteiger partial charge on any atom is 0.257 e. The molecule has 1 aliphatic heterocycles. The second-order valence-electron chi connectivity index (χ2n) is 3.81. The molecule has 6 heteroatoms. The highest BCUT2D eigenvalue weighted by Crippen LogP contribution is 2.13. The van der Waals surface area contributed by atoms with Crippen LogP contribution in [0.1, 0.15) is 16.1 Å². The molecule has 1 fully saturated rings. The van der Waals surface area contributed by atoms with Crippen LogP contribution < -0.4 is 0 Å². The number of aromatic nitrogens is 2. The second kappa shape index (κ2) is 4.97. The number of aryl methyl sites for hydroxylation is 1. The molecule has 1 amide bonds. The lowest BCUT2D eigenvalue weighted by molar-refractivity contribution is -0.00967. The van der Waals surface area contributed by atoms with E-state index in [1.54, 1.807) is 6.20 Å². The number of carbonyl (C=O) groups excluding carboxylic acids is 1. The van der Waals surface area contributed by atoms with E-state index in [-0.39, 0.29) is 12.0 Å². The van der Waals surface area contributed by atoms with Gasteiger partial charge in [-0.25, -0.2) is 0 Å². The van der Waals surface area contributed by atoms with Crippen molar-refractivity contribution in [3.05, 3.63) is 17.5 Å². The van der Waals surface area contributed by atoms with Gasteiger partial charge in [-0.05, 0) is 6.92 Å². The van der Waals surface area contributed by atoms with E-state index in [4.69, 9.17) is 4.74 Å². The fourth-order valence-corrected chi connectivity index (χ4v) is 2.13. The molecule has 0 aliphatic carbocycles. The molecule has 1 aromatic heterocycles. The minimum atomic E-state index is 0.0282. The first-order chi connectivity index (χ1) is 7.72. The summed E-state index contributed by atoms with van der Waals surface area (Å²) in [7, 11) is 0. The molecule has 2 rings (SSSR count). The van der Waals surface area contributed by atoms with Crippen LogP contribution in [-0.2, 0) is 4.74 Å². The molecule has 1 saturated heterocycles. The Morgan fingerprint density at radius 3 is 3.25 bits per heavy atom. The molecule has 0 spiro atoms. The van der Waals surface area contributed by atoms with Gasteiger partial charge in [0.2, 0.25) is 0 Å². The summed E-state index contributed by atoms with van der Waals surface area (Å²) in [5, 5.41) is 7.39. The van der Waals surface area contributed by atoms with Gasteiger partial charge in [0.25, 0.3) is 5.91 Å². The minimum absolute atomic E-state index is 0.0282. The van der Waals surface area contributed by atoms with Crippen molar-refractivity contribution < 1.29 is 9.53 Å². The topological polar surface area (TPSA) is 58.2 Å². The molecule has 5 nitrogen and oxygen atoms in total. The summed E-state index contributed by atoms with van der Waals surface area (Å²) in [6.07, 6.45) is 1.67. The fourth-order valence-electron chi connectivity index (χ4n) is 1.73. The van der Waals surface area contributed by atoms with Gasteiger partial charge in [0.05, 0.1) is 24.5 Å². The number of aromatic amines is 1. The second-order valence-corrected chi connectivity index (χ2v) is 4.45. The molecule has 1 atom stereocenters. The van der Waals surface area contributed by atoms with Gasteiger partial charge in [0.15, 0.2) is 0 Å². The molecule has 16 heavy (non-hydrogen) atoms. The van der Waals surface area contributed by atoms with Crippen LogP contribution >= 0.6 is 15.9 Å². The van der Waals surface area contributed by atoms with Crippen molar-refractivity contribution in [3.8, 4) is 0 Å². The van der Waals surface area contributed by atoms with Crippen LogP contribution in [0.25, 0.3) is 0 Å². The maximum absolute atomic E-state index is 12.1. The van der Waals surface area contributed by atoms with E-state index in [0.717, 1.165) is 11.0 Å². The molecule has 88 valence electrons. The smallest absolute Gasteiger partial charge is 0.257 e. The van der Waals surface area contributed by atoms with Crippen molar-refractivity contribution in [2.75, 3.05) is 25.0 Å². The van der Waals surface area contributed by atoms with Gasteiger partial charge >= 0.3 is 0 Å². The minimum Gasteiger partial charge on any atom is -0.374 e. The normalized spacial score (nSPS) is 21.1. The molecule has 1 N–H and O–H groups in total. The summed E-state index contributed by atoms with van der Waals surface area (Å²) in [5.41, 5.74) is 1.46. The van der Waals surface area contributed by atoms with Crippen molar-refractivity contribution in [1.82, 2.24) is 15.1 Å². The average Bonchev–Trinajstić information content (AvgIpc) is 2.74. The van der Waals surface area contributed by atoms with Crippen LogP contribution in [0.3, 0.4) is 0 Å². The number of carbonyl (C=O) groups is 1. The van der Waals surface area contributed by atoms with E-state index >= 15 is 0 Å². The predicted octanol–water partition coefficient (Wildman–Crippen LogP) is 0.954. The van der Waals surface area contributed by atoms with E-state index in [2.05, 4.69) is 26.1 Å². The fraction of sp³-hybridized carbons (Fsp3) is 0.600. The van der Waals surface area contributed by atoms with Gasteiger partial charge < -0.3 is 9.64 Å². The number of rotatable bonds is 2. The van der Waals surface area contributed by atoms with Crippen LogP contribution in [0.4, 0.5) is 0 Å². The highest BCUT2D eigenvalue weighted by Gasteiger charge is 2.25. The number of hydrogen-bond acceptors (Lipinski definition) is 3. The van der Waals surface area contributed by atoms with E-state index in [1.165, 1.54) is 0 Å². The van der Waals surface area contributed by atoms with Gasteiger partial charge in [-0.2, -0.15) is 5.10 Å². The molecule has 0 saturated carbocycles. The van der Waals surface area contributed by atoms with Gasteiger partial charge in [-0.1, -0.05) is 15.9 Å². The molecule has 2 heterocycles. The SMILES string of the molecule is Cc1[nH]ncc1C(=O)N1CCOC(CBr)C1. The van der Waals surface area contributed by atoms with E-state index in [0.29, 0.717) is 25.3 Å². The number of alkyl halides is 1. The molecule has 1 aliphatic rings. The lowest BCUT2D eigenvalue weighted by Gasteiger charge is -2.32.